The molecule has 0 aliphatic heterocycles. The molecule has 5 aromatic rings. The van der Waals surface area contributed by atoms with Crippen LogP contribution in [0.3, 0.4) is 0 Å². The van der Waals surface area contributed by atoms with E-state index in [0.717, 1.165) is 16.7 Å². The summed E-state index contributed by atoms with van der Waals surface area (Å²) in [5.41, 5.74) is 3.20. The molecule has 5 rings (SSSR count). The summed E-state index contributed by atoms with van der Waals surface area (Å²) in [4.78, 5) is 12.5. The topological polar surface area (TPSA) is 99.8 Å². The van der Waals surface area contributed by atoms with E-state index in [4.69, 9.17) is 4.74 Å². The van der Waals surface area contributed by atoms with Crippen molar-refractivity contribution in [3.63, 3.8) is 0 Å². The van der Waals surface area contributed by atoms with E-state index >= 15 is 0 Å². The predicted molar refractivity (Wildman–Crippen MR) is 131 cm³/mol. The maximum atomic E-state index is 12.5. The summed E-state index contributed by atoms with van der Waals surface area (Å²) >= 11 is 1.45. The molecule has 1 N–H and O–H groups in total. The number of nitrogens with one attached hydrogen (secondary N) is 1. The molecular formula is C24H21N7O2S. The molecule has 0 aliphatic carbocycles. The number of fused-ring (bicyclic) bond motifs is 1. The van der Waals surface area contributed by atoms with Gasteiger partial charge in [0.05, 0.1) is 18.3 Å². The maximum absolute atomic E-state index is 12.5. The Labute approximate surface area is 199 Å². The third-order valence-electron chi connectivity index (χ3n) is 5.09. The van der Waals surface area contributed by atoms with E-state index in [9.17, 15) is 4.79 Å². The first-order chi connectivity index (χ1) is 16.7. The van der Waals surface area contributed by atoms with Crippen molar-refractivity contribution in [2.24, 2.45) is 0 Å². The van der Waals surface area contributed by atoms with Crippen LogP contribution in [0.2, 0.25) is 0 Å². The molecule has 9 nitrogen and oxygen atoms in total. The molecule has 0 bridgehead atoms. The van der Waals surface area contributed by atoms with Gasteiger partial charge >= 0.3 is 0 Å². The van der Waals surface area contributed by atoms with Gasteiger partial charge in [-0.25, -0.2) is 0 Å². The van der Waals surface area contributed by atoms with Crippen molar-refractivity contribution >= 4 is 34.4 Å². The van der Waals surface area contributed by atoms with Gasteiger partial charge in [0.25, 0.3) is 5.95 Å². The molecule has 2 aromatic heterocycles. The number of benzene rings is 3. The highest BCUT2D eigenvalue weighted by Crippen LogP contribution is 2.26. The zero-order chi connectivity index (χ0) is 23.3. The molecule has 0 atom stereocenters. The van der Waals surface area contributed by atoms with Crippen LogP contribution in [0.4, 0.5) is 5.69 Å². The van der Waals surface area contributed by atoms with E-state index in [1.165, 1.54) is 11.8 Å². The number of hydrogen-bond acceptors (Lipinski definition) is 7. The second kappa shape index (κ2) is 9.75. The lowest BCUT2D eigenvalue weighted by Gasteiger charge is -2.10. The number of para-hydroxylation sites is 2. The van der Waals surface area contributed by atoms with E-state index in [0.29, 0.717) is 34.7 Å². The molecular weight excluding hydrogens is 450 g/mol. The number of nitrogens with zero attached hydrogens (tertiary/aromatic N) is 6. The normalized spacial score (nSPS) is 11.0. The highest BCUT2D eigenvalue weighted by molar-refractivity contribution is 7.99. The van der Waals surface area contributed by atoms with Gasteiger partial charge in [0.15, 0.2) is 5.16 Å². The van der Waals surface area contributed by atoms with Crippen molar-refractivity contribution in [2.45, 2.75) is 11.6 Å². The van der Waals surface area contributed by atoms with Gasteiger partial charge in [-0.1, -0.05) is 53.4 Å². The second-order valence-electron chi connectivity index (χ2n) is 7.32. The van der Waals surface area contributed by atoms with E-state index in [1.807, 2.05) is 77.4 Å². The third kappa shape index (κ3) is 4.48. The first-order valence-electron chi connectivity index (χ1n) is 10.6. The van der Waals surface area contributed by atoms with Crippen LogP contribution >= 0.6 is 11.8 Å². The predicted octanol–water partition coefficient (Wildman–Crippen LogP) is 4.13. The molecule has 0 saturated carbocycles. The van der Waals surface area contributed by atoms with Gasteiger partial charge in [-0.2, -0.15) is 4.68 Å². The van der Waals surface area contributed by atoms with Gasteiger partial charge in [-0.15, -0.1) is 15.3 Å². The lowest BCUT2D eigenvalue weighted by atomic mass is 10.3. The summed E-state index contributed by atoms with van der Waals surface area (Å²) in [6.07, 6.45) is 0.311. The van der Waals surface area contributed by atoms with Crippen LogP contribution in [0.15, 0.2) is 84.0 Å². The number of carbonyl (C=O) groups excluding carboxylic acids is 1. The molecule has 0 unspecified atom stereocenters. The zero-order valence-electron chi connectivity index (χ0n) is 18.3. The van der Waals surface area contributed by atoms with Gasteiger partial charge in [-0.3, -0.25) is 9.36 Å². The van der Waals surface area contributed by atoms with Crippen LogP contribution in [-0.2, 0) is 4.79 Å². The molecule has 0 spiro atoms. The fraction of sp³-hybridized carbons (Fsp3) is 0.125. The Kier molecular flexibility index (Phi) is 6.21. The number of amides is 1. The Morgan fingerprint density at radius 1 is 0.971 bits per heavy atom. The molecule has 10 heteroatoms. The van der Waals surface area contributed by atoms with Crippen molar-refractivity contribution in [3.05, 3.63) is 78.9 Å². The number of hydrogen-bond donors (Lipinski definition) is 1. The summed E-state index contributed by atoms with van der Waals surface area (Å²) in [6.45, 7) is 0. The van der Waals surface area contributed by atoms with E-state index in [-0.39, 0.29) is 5.91 Å². The average molecular weight is 472 g/mol. The molecule has 1 amide bonds. The van der Waals surface area contributed by atoms with Gasteiger partial charge in [-0.05, 0) is 36.4 Å². The number of rotatable bonds is 8. The van der Waals surface area contributed by atoms with Crippen molar-refractivity contribution in [3.8, 4) is 17.4 Å². The number of ether oxygens (including phenoxy) is 1. The molecule has 2 heterocycles. The molecule has 0 fully saturated rings. The average Bonchev–Trinajstić information content (AvgIpc) is 3.48. The molecule has 0 saturated heterocycles. The van der Waals surface area contributed by atoms with Crippen LogP contribution in [-0.4, -0.2) is 48.5 Å². The maximum Gasteiger partial charge on any atom is 0.259 e. The Balaban J connectivity index is 1.36. The minimum atomic E-state index is -0.0889. The largest absolute Gasteiger partial charge is 0.497 e. The Bertz CT molecular complexity index is 1430. The van der Waals surface area contributed by atoms with E-state index in [2.05, 4.69) is 25.8 Å². The Morgan fingerprint density at radius 2 is 1.79 bits per heavy atom. The van der Waals surface area contributed by atoms with E-state index in [1.54, 1.807) is 17.9 Å². The van der Waals surface area contributed by atoms with Gasteiger partial charge in [0.1, 0.15) is 11.3 Å². The Morgan fingerprint density at radius 3 is 2.65 bits per heavy atom. The minimum Gasteiger partial charge on any atom is -0.497 e. The summed E-state index contributed by atoms with van der Waals surface area (Å²) in [5.74, 6) is 1.66. The van der Waals surface area contributed by atoms with Crippen molar-refractivity contribution in [2.75, 3.05) is 18.2 Å². The van der Waals surface area contributed by atoms with Crippen molar-refractivity contribution < 1.29 is 9.53 Å². The number of carbonyl (C=O) groups is 1. The van der Waals surface area contributed by atoms with Crippen LogP contribution in [0.1, 0.15) is 6.42 Å². The SMILES string of the molecule is COc1cccc(NC(=O)CCSc2nnc(-n3nnc4ccccc43)n2-c2ccccc2)c1. The number of thioether (sulfide) groups is 1. The summed E-state index contributed by atoms with van der Waals surface area (Å²) < 4.78 is 8.80. The summed E-state index contributed by atoms with van der Waals surface area (Å²) in [7, 11) is 1.59. The first kappa shape index (κ1) is 21.7. The third-order valence-corrected chi connectivity index (χ3v) is 6.02. The fourth-order valence-corrected chi connectivity index (χ4v) is 4.36. The molecule has 170 valence electrons. The monoisotopic (exact) mass is 471 g/mol. The standard InChI is InChI=1S/C24H21N7O2S/c1-33-19-11-7-8-17(16-19)25-22(32)14-15-34-24-28-27-23(30(24)18-9-3-2-4-10-18)31-21-13-6-5-12-20(21)26-29-31/h2-13,16H,14-15H2,1H3,(H,25,32). The van der Waals surface area contributed by atoms with Crippen LogP contribution in [0.5, 0.6) is 5.75 Å². The highest BCUT2D eigenvalue weighted by Gasteiger charge is 2.19. The summed E-state index contributed by atoms with van der Waals surface area (Å²) in [5, 5.41) is 20.9. The molecule has 0 aliphatic rings. The first-order valence-corrected chi connectivity index (χ1v) is 11.6. The van der Waals surface area contributed by atoms with Crippen molar-refractivity contribution in [1.29, 1.82) is 0 Å². The number of aromatic nitrogens is 6. The van der Waals surface area contributed by atoms with Gasteiger partial charge < -0.3 is 10.1 Å². The van der Waals surface area contributed by atoms with Gasteiger partial charge in [0, 0.05) is 23.9 Å². The highest BCUT2D eigenvalue weighted by atomic mass is 32.2. The lowest BCUT2D eigenvalue weighted by Crippen LogP contribution is -2.12. The molecule has 3 aromatic carbocycles. The summed E-state index contributed by atoms with van der Waals surface area (Å²) in [6, 6.07) is 24.8. The zero-order valence-corrected chi connectivity index (χ0v) is 19.1. The van der Waals surface area contributed by atoms with Crippen molar-refractivity contribution in [1.82, 2.24) is 29.8 Å². The van der Waals surface area contributed by atoms with Crippen LogP contribution in [0.25, 0.3) is 22.7 Å². The molecule has 0 radical (unpaired) electrons. The Hall–Kier alpha value is -4.18. The molecule has 34 heavy (non-hydrogen) atoms. The lowest BCUT2D eigenvalue weighted by molar-refractivity contribution is -0.115. The van der Waals surface area contributed by atoms with Gasteiger partial charge in [0.2, 0.25) is 5.91 Å². The minimum absolute atomic E-state index is 0.0889. The number of anilines is 1. The van der Waals surface area contributed by atoms with E-state index < -0.39 is 0 Å². The van der Waals surface area contributed by atoms with Crippen LogP contribution in [0, 0.1) is 0 Å². The number of methoxy groups -OCH3 is 1. The van der Waals surface area contributed by atoms with Crippen LogP contribution < -0.4 is 10.1 Å². The fourth-order valence-electron chi connectivity index (χ4n) is 3.47. The smallest absolute Gasteiger partial charge is 0.259 e. The quantitative estimate of drug-likeness (QED) is 0.340. The second-order valence-corrected chi connectivity index (χ2v) is 8.38.